The van der Waals surface area contributed by atoms with Gasteiger partial charge in [0.1, 0.15) is 12.9 Å². The van der Waals surface area contributed by atoms with Crippen molar-refractivity contribution in [2.75, 3.05) is 11.9 Å². The van der Waals surface area contributed by atoms with Gasteiger partial charge in [0.2, 0.25) is 5.78 Å². The Balaban J connectivity index is 1.52. The minimum absolute atomic E-state index is 0.185. The van der Waals surface area contributed by atoms with Crippen LogP contribution in [0.3, 0.4) is 0 Å². The molecule has 0 bridgehead atoms. The van der Waals surface area contributed by atoms with Crippen molar-refractivity contribution in [1.29, 1.82) is 0 Å². The fourth-order valence-electron chi connectivity index (χ4n) is 4.00. The van der Waals surface area contributed by atoms with Crippen LogP contribution in [0.5, 0.6) is 0 Å². The number of esters is 1. The van der Waals surface area contributed by atoms with Gasteiger partial charge in [0.15, 0.2) is 0 Å². The van der Waals surface area contributed by atoms with E-state index in [9.17, 15) is 14.4 Å². The summed E-state index contributed by atoms with van der Waals surface area (Å²) in [5.74, 6) is -0.202. The van der Waals surface area contributed by atoms with Gasteiger partial charge in [-0.1, -0.05) is 24.3 Å². The highest BCUT2D eigenvalue weighted by atomic mass is 16.5. The minimum atomic E-state index is -0.346. The second-order valence-corrected chi connectivity index (χ2v) is 8.29. The van der Waals surface area contributed by atoms with Crippen molar-refractivity contribution in [3.8, 4) is 0 Å². The summed E-state index contributed by atoms with van der Waals surface area (Å²) in [4.78, 5) is 43.3. The number of carbonyl (C=O) groups is 2. The first-order chi connectivity index (χ1) is 17.4. The summed E-state index contributed by atoms with van der Waals surface area (Å²) in [5, 5.41) is 8.53. The topological polar surface area (TPSA) is 112 Å². The summed E-state index contributed by atoms with van der Waals surface area (Å²) in [6.07, 6.45) is 4.77. The van der Waals surface area contributed by atoms with Crippen LogP contribution in [0, 0.1) is 0 Å². The number of benzene rings is 2. The quantitative estimate of drug-likeness (QED) is 0.342. The van der Waals surface area contributed by atoms with Crippen LogP contribution in [0.4, 0.5) is 5.69 Å². The number of ether oxygens (including phenoxy) is 1. The molecule has 0 spiro atoms. The third-order valence-electron chi connectivity index (χ3n) is 5.91. The molecular weight excluding hydrogens is 460 g/mol. The summed E-state index contributed by atoms with van der Waals surface area (Å²) >= 11 is 0. The smallest absolute Gasteiger partial charge is 0.302 e. The molecule has 0 N–H and O–H groups in total. The molecule has 0 saturated heterocycles. The summed E-state index contributed by atoms with van der Waals surface area (Å²) in [6.45, 7) is 1.80. The molecule has 0 aliphatic rings. The fourth-order valence-corrected chi connectivity index (χ4v) is 4.00. The predicted octanol–water partition coefficient (Wildman–Crippen LogP) is 2.83. The molecule has 0 unspecified atom stereocenters. The number of carbonyl (C=O) groups excluding carboxylic acids is 2. The lowest BCUT2D eigenvalue weighted by Crippen LogP contribution is -2.27. The number of rotatable bonds is 6. The number of nitrogens with zero attached hydrogens (tertiary/aromatic N) is 6. The van der Waals surface area contributed by atoms with Gasteiger partial charge in [-0.25, -0.2) is 0 Å². The maximum atomic E-state index is 13.6. The molecule has 0 fully saturated rings. The van der Waals surface area contributed by atoms with Gasteiger partial charge in [-0.15, -0.1) is 10.2 Å². The molecule has 36 heavy (non-hydrogen) atoms. The zero-order valence-corrected chi connectivity index (χ0v) is 19.7. The van der Waals surface area contributed by atoms with Crippen molar-refractivity contribution >= 4 is 34.2 Å². The molecule has 180 valence electrons. The summed E-state index contributed by atoms with van der Waals surface area (Å²) in [5.41, 5.74) is 3.10. The van der Waals surface area contributed by atoms with Crippen LogP contribution in [0.15, 0.2) is 78.1 Å². The predicted molar refractivity (Wildman–Crippen MR) is 133 cm³/mol. The molecule has 5 rings (SSSR count). The van der Waals surface area contributed by atoms with Crippen molar-refractivity contribution in [2.45, 2.75) is 20.1 Å². The van der Waals surface area contributed by atoms with E-state index in [-0.39, 0.29) is 30.6 Å². The van der Waals surface area contributed by atoms with E-state index in [2.05, 4.69) is 15.2 Å². The molecule has 1 amide bonds. The molecule has 0 aliphatic heterocycles. The monoisotopic (exact) mass is 482 g/mol. The Bertz CT molecular complexity index is 1640. The number of hydrogen-bond donors (Lipinski definition) is 0. The van der Waals surface area contributed by atoms with Gasteiger partial charge in [-0.2, -0.15) is 0 Å². The van der Waals surface area contributed by atoms with E-state index >= 15 is 0 Å². The molecule has 5 aromatic rings. The van der Waals surface area contributed by atoms with Crippen molar-refractivity contribution in [2.24, 2.45) is 0 Å². The van der Waals surface area contributed by atoms with Crippen LogP contribution >= 0.6 is 0 Å². The molecule has 3 heterocycles. The number of anilines is 1. The average Bonchev–Trinajstić information content (AvgIpc) is 3.40. The molecule has 0 saturated carbocycles. The van der Waals surface area contributed by atoms with Crippen LogP contribution in [-0.4, -0.2) is 43.1 Å². The third-order valence-corrected chi connectivity index (χ3v) is 5.91. The Hall–Kier alpha value is -4.86. The Labute approximate surface area is 205 Å². The first kappa shape index (κ1) is 22.9. The number of hydrogen-bond acceptors (Lipinski definition) is 7. The van der Waals surface area contributed by atoms with Crippen molar-refractivity contribution < 1.29 is 14.3 Å². The van der Waals surface area contributed by atoms with Crippen LogP contribution in [0.2, 0.25) is 0 Å². The lowest BCUT2D eigenvalue weighted by Gasteiger charge is -2.17. The zero-order chi connectivity index (χ0) is 25.2. The van der Waals surface area contributed by atoms with E-state index in [0.717, 1.165) is 11.1 Å². The highest BCUT2D eigenvalue weighted by molar-refractivity contribution is 6.07. The van der Waals surface area contributed by atoms with Gasteiger partial charge < -0.3 is 9.64 Å². The highest BCUT2D eigenvalue weighted by Crippen LogP contribution is 2.19. The molecule has 0 atom stereocenters. The van der Waals surface area contributed by atoms with E-state index in [4.69, 9.17) is 4.74 Å². The minimum Gasteiger partial charge on any atom is -0.461 e. The van der Waals surface area contributed by atoms with Crippen molar-refractivity contribution in [1.82, 2.24) is 24.1 Å². The van der Waals surface area contributed by atoms with Gasteiger partial charge >= 0.3 is 5.97 Å². The van der Waals surface area contributed by atoms with Crippen molar-refractivity contribution in [3.05, 3.63) is 100 Å². The first-order valence-corrected chi connectivity index (χ1v) is 11.2. The van der Waals surface area contributed by atoms with Crippen LogP contribution in [0.25, 0.3) is 16.7 Å². The van der Waals surface area contributed by atoms with E-state index in [1.807, 2.05) is 24.3 Å². The Kier molecular flexibility index (Phi) is 5.99. The molecule has 10 heteroatoms. The SMILES string of the molecule is CC(=O)OCc1ccc(Cn2c(=O)c3cc(C(=O)N(C)c4ccncc4)ccc3n3cnnc23)cc1. The third kappa shape index (κ3) is 4.31. The lowest BCUT2D eigenvalue weighted by atomic mass is 10.1. The van der Waals surface area contributed by atoms with Crippen LogP contribution in [-0.2, 0) is 22.7 Å². The number of aromatic nitrogens is 5. The van der Waals surface area contributed by atoms with Gasteiger partial charge in [0.25, 0.3) is 11.5 Å². The number of amides is 1. The van der Waals surface area contributed by atoms with Crippen molar-refractivity contribution in [3.63, 3.8) is 0 Å². The van der Waals surface area contributed by atoms with E-state index in [0.29, 0.717) is 27.9 Å². The molecule has 0 aliphatic carbocycles. The second-order valence-electron chi connectivity index (χ2n) is 8.29. The van der Waals surface area contributed by atoms with E-state index < -0.39 is 0 Å². The maximum absolute atomic E-state index is 13.6. The largest absolute Gasteiger partial charge is 0.461 e. The number of fused-ring (bicyclic) bond motifs is 3. The van der Waals surface area contributed by atoms with Crippen LogP contribution in [0.1, 0.15) is 28.4 Å². The maximum Gasteiger partial charge on any atom is 0.302 e. The molecule has 10 nitrogen and oxygen atoms in total. The average molecular weight is 483 g/mol. The zero-order valence-electron chi connectivity index (χ0n) is 19.7. The Morgan fingerprint density at radius 3 is 2.44 bits per heavy atom. The molecule has 0 radical (unpaired) electrons. The standard InChI is InChI=1S/C26H22N6O4/c1-17(33)36-15-19-5-3-18(4-6-19)14-31-25(35)22-13-20(7-8-23(22)32-16-28-29-26(31)32)24(34)30(2)21-9-11-27-12-10-21/h3-13,16H,14-15H2,1-2H3. The van der Waals surface area contributed by atoms with Crippen LogP contribution < -0.4 is 10.5 Å². The van der Waals surface area contributed by atoms with Gasteiger partial charge in [0, 0.05) is 37.6 Å². The summed E-state index contributed by atoms with van der Waals surface area (Å²) in [6, 6.07) is 15.9. The second kappa shape index (κ2) is 9.41. The van der Waals surface area contributed by atoms with E-state index in [1.54, 1.807) is 60.5 Å². The molecule has 2 aromatic carbocycles. The van der Waals surface area contributed by atoms with E-state index in [1.165, 1.54) is 16.4 Å². The molecule has 3 aromatic heterocycles. The normalized spacial score (nSPS) is 11.1. The van der Waals surface area contributed by atoms with Gasteiger partial charge in [-0.3, -0.25) is 28.3 Å². The number of pyridine rings is 1. The van der Waals surface area contributed by atoms with Gasteiger partial charge in [-0.05, 0) is 41.5 Å². The highest BCUT2D eigenvalue weighted by Gasteiger charge is 2.18. The fraction of sp³-hybridized carbons (Fsp3) is 0.154. The molecular formula is C26H22N6O4. The summed E-state index contributed by atoms with van der Waals surface area (Å²) < 4.78 is 8.28. The summed E-state index contributed by atoms with van der Waals surface area (Å²) in [7, 11) is 1.67. The lowest BCUT2D eigenvalue weighted by molar-refractivity contribution is -0.142. The Morgan fingerprint density at radius 1 is 1.00 bits per heavy atom. The van der Waals surface area contributed by atoms with Gasteiger partial charge in [0.05, 0.1) is 17.4 Å². The first-order valence-electron chi connectivity index (χ1n) is 11.2. The Morgan fingerprint density at radius 2 is 1.72 bits per heavy atom.